The molecule has 1 aliphatic heterocycles. The van der Waals surface area contributed by atoms with Crippen LogP contribution in [0.15, 0.2) is 12.1 Å². The topological polar surface area (TPSA) is 64.8 Å². The third-order valence-electron chi connectivity index (χ3n) is 4.33. The lowest BCUT2D eigenvalue weighted by Crippen LogP contribution is -2.43. The van der Waals surface area contributed by atoms with Crippen LogP contribution in [-0.4, -0.2) is 36.8 Å². The fourth-order valence-electron chi connectivity index (χ4n) is 3.00. The molecular formula is C18H26Cl2N2O3. The van der Waals surface area contributed by atoms with Gasteiger partial charge in [0.1, 0.15) is 11.4 Å². The Hall–Kier alpha value is -1.17. The highest BCUT2D eigenvalue weighted by Gasteiger charge is 2.31. The highest BCUT2D eigenvalue weighted by atomic mass is 35.5. The molecule has 2 N–H and O–H groups in total. The number of nitrogens with two attached hydrogens (primary N) is 1. The highest BCUT2D eigenvalue weighted by molar-refractivity contribution is 6.42. The van der Waals surface area contributed by atoms with Crippen LogP contribution in [0.25, 0.3) is 0 Å². The molecule has 0 spiro atoms. The Balaban J connectivity index is 2.03. The summed E-state index contributed by atoms with van der Waals surface area (Å²) in [6, 6.07) is 3.23. The van der Waals surface area contributed by atoms with Crippen molar-refractivity contribution in [2.24, 2.45) is 11.7 Å². The molecule has 1 atom stereocenters. The Bertz CT molecular complexity index is 623. The van der Waals surface area contributed by atoms with Crippen molar-refractivity contribution in [3.8, 4) is 5.75 Å². The summed E-state index contributed by atoms with van der Waals surface area (Å²) in [5, 5.41) is 0.897. The lowest BCUT2D eigenvalue weighted by Gasteiger charge is -2.36. The van der Waals surface area contributed by atoms with Crippen LogP contribution in [0.5, 0.6) is 5.75 Å². The quantitative estimate of drug-likeness (QED) is 0.818. The van der Waals surface area contributed by atoms with Crippen molar-refractivity contribution in [2.75, 3.05) is 20.2 Å². The summed E-state index contributed by atoms with van der Waals surface area (Å²) in [6.45, 7) is 6.84. The molecule has 25 heavy (non-hydrogen) atoms. The van der Waals surface area contributed by atoms with Crippen LogP contribution >= 0.6 is 23.2 Å². The molecule has 1 unspecified atom stereocenters. The number of nitrogens with zero attached hydrogens (tertiary/aromatic N) is 1. The molecule has 1 aromatic carbocycles. The third-order valence-corrected chi connectivity index (χ3v) is 5.05. The number of hydrogen-bond acceptors (Lipinski definition) is 4. The highest BCUT2D eigenvalue weighted by Crippen LogP contribution is 2.38. The number of rotatable bonds is 3. The molecule has 0 saturated carbocycles. The number of halogens is 2. The van der Waals surface area contributed by atoms with E-state index in [9.17, 15) is 4.79 Å². The minimum absolute atomic E-state index is 0.227. The second-order valence-corrected chi connectivity index (χ2v) is 8.15. The molecule has 1 saturated heterocycles. The minimum atomic E-state index is -0.488. The minimum Gasteiger partial charge on any atom is -0.496 e. The zero-order valence-corrected chi connectivity index (χ0v) is 16.7. The van der Waals surface area contributed by atoms with Gasteiger partial charge in [-0.2, -0.15) is 0 Å². The SMILES string of the molecule is COc1cc(Cl)c(Cl)cc1C(N)C1CCN(C(=O)OC(C)(C)C)CC1. The van der Waals surface area contributed by atoms with Crippen LogP contribution in [0, 0.1) is 5.92 Å². The van der Waals surface area contributed by atoms with Crippen molar-refractivity contribution in [3.63, 3.8) is 0 Å². The molecule has 0 bridgehead atoms. The van der Waals surface area contributed by atoms with E-state index in [1.807, 2.05) is 20.8 Å². The van der Waals surface area contributed by atoms with Crippen molar-refractivity contribution < 1.29 is 14.3 Å². The number of hydrogen-bond donors (Lipinski definition) is 1. The zero-order valence-electron chi connectivity index (χ0n) is 15.1. The molecule has 5 nitrogen and oxygen atoms in total. The molecule has 7 heteroatoms. The first-order valence-electron chi connectivity index (χ1n) is 8.39. The molecule has 1 fully saturated rings. The maximum atomic E-state index is 12.2. The second kappa shape index (κ2) is 8.02. The van der Waals surface area contributed by atoms with E-state index >= 15 is 0 Å². The van der Waals surface area contributed by atoms with Gasteiger partial charge in [-0.05, 0) is 45.6 Å². The van der Waals surface area contributed by atoms with Crippen LogP contribution < -0.4 is 10.5 Å². The summed E-state index contributed by atoms with van der Waals surface area (Å²) in [5.74, 6) is 0.862. The van der Waals surface area contributed by atoms with Crippen molar-refractivity contribution in [3.05, 3.63) is 27.7 Å². The predicted molar refractivity (Wildman–Crippen MR) is 100 cm³/mol. The van der Waals surface area contributed by atoms with Crippen LogP contribution in [0.2, 0.25) is 10.0 Å². The van der Waals surface area contributed by atoms with E-state index in [1.165, 1.54) is 0 Å². The first-order chi connectivity index (χ1) is 11.6. The van der Waals surface area contributed by atoms with Crippen LogP contribution in [0.3, 0.4) is 0 Å². The summed E-state index contributed by atoms with van der Waals surface area (Å²) in [5.41, 5.74) is 6.82. The van der Waals surface area contributed by atoms with Gasteiger partial charge in [-0.3, -0.25) is 0 Å². The van der Waals surface area contributed by atoms with E-state index in [2.05, 4.69) is 0 Å². The Morgan fingerprint density at radius 2 is 1.80 bits per heavy atom. The Labute approximate surface area is 159 Å². The molecule has 0 radical (unpaired) electrons. The predicted octanol–water partition coefficient (Wildman–Crippen LogP) is 4.65. The number of carbonyl (C=O) groups is 1. The number of carbonyl (C=O) groups excluding carboxylic acids is 1. The molecule has 2 rings (SSSR count). The van der Waals surface area contributed by atoms with Crippen molar-refractivity contribution >= 4 is 29.3 Å². The van der Waals surface area contributed by atoms with Gasteiger partial charge >= 0.3 is 6.09 Å². The maximum Gasteiger partial charge on any atom is 0.410 e. The summed E-state index contributed by atoms with van der Waals surface area (Å²) < 4.78 is 10.8. The average Bonchev–Trinajstić information content (AvgIpc) is 2.55. The molecule has 0 aliphatic carbocycles. The molecule has 1 aliphatic rings. The lowest BCUT2D eigenvalue weighted by atomic mass is 9.85. The van der Waals surface area contributed by atoms with E-state index in [1.54, 1.807) is 24.1 Å². The van der Waals surface area contributed by atoms with Gasteiger partial charge in [0.05, 0.1) is 17.2 Å². The Morgan fingerprint density at radius 1 is 1.24 bits per heavy atom. The average molecular weight is 389 g/mol. The second-order valence-electron chi connectivity index (χ2n) is 7.34. The number of methoxy groups -OCH3 is 1. The summed E-state index contributed by atoms with van der Waals surface area (Å²) in [4.78, 5) is 13.9. The largest absolute Gasteiger partial charge is 0.496 e. The van der Waals surface area contributed by atoms with E-state index in [-0.39, 0.29) is 18.1 Å². The van der Waals surface area contributed by atoms with Gasteiger partial charge in [-0.25, -0.2) is 4.79 Å². The number of piperidine rings is 1. The van der Waals surface area contributed by atoms with E-state index in [4.69, 9.17) is 38.4 Å². The molecule has 0 aromatic heterocycles. The normalized spacial score (nSPS) is 17.3. The van der Waals surface area contributed by atoms with Crippen LogP contribution in [0.1, 0.15) is 45.2 Å². The van der Waals surface area contributed by atoms with Gasteiger partial charge in [0.2, 0.25) is 0 Å². The third kappa shape index (κ3) is 5.16. The van der Waals surface area contributed by atoms with Gasteiger partial charge in [0.15, 0.2) is 0 Å². The molecule has 1 heterocycles. The molecule has 140 valence electrons. The molecule has 1 amide bonds. The lowest BCUT2D eigenvalue weighted by molar-refractivity contribution is 0.0174. The molecular weight excluding hydrogens is 363 g/mol. The van der Waals surface area contributed by atoms with Crippen molar-refractivity contribution in [2.45, 2.75) is 45.3 Å². The number of likely N-dealkylation sites (tertiary alicyclic amines) is 1. The molecule has 1 aromatic rings. The smallest absolute Gasteiger partial charge is 0.410 e. The fourth-order valence-corrected chi connectivity index (χ4v) is 3.33. The zero-order chi connectivity index (χ0) is 18.8. The standard InChI is InChI=1S/C18H26Cl2N2O3/c1-18(2,3)25-17(23)22-7-5-11(6-8-22)16(21)12-9-13(19)14(20)10-15(12)24-4/h9-11,16H,5-8,21H2,1-4H3. The van der Waals surface area contributed by atoms with Crippen LogP contribution in [0.4, 0.5) is 4.79 Å². The van der Waals surface area contributed by atoms with E-state index in [0.717, 1.165) is 18.4 Å². The van der Waals surface area contributed by atoms with Crippen LogP contribution in [-0.2, 0) is 4.74 Å². The van der Waals surface area contributed by atoms with Crippen molar-refractivity contribution in [1.29, 1.82) is 0 Å². The Morgan fingerprint density at radius 3 is 2.32 bits per heavy atom. The number of amides is 1. The summed E-state index contributed by atoms with van der Waals surface area (Å²) in [6.07, 6.45) is 1.32. The summed E-state index contributed by atoms with van der Waals surface area (Å²) in [7, 11) is 1.58. The van der Waals surface area contributed by atoms with Gasteiger partial charge in [-0.15, -0.1) is 0 Å². The van der Waals surface area contributed by atoms with Gasteiger partial charge in [0.25, 0.3) is 0 Å². The van der Waals surface area contributed by atoms with Crippen molar-refractivity contribution in [1.82, 2.24) is 4.90 Å². The summed E-state index contributed by atoms with van der Waals surface area (Å²) >= 11 is 12.2. The fraction of sp³-hybridized carbons (Fsp3) is 0.611. The monoisotopic (exact) mass is 388 g/mol. The van der Waals surface area contributed by atoms with Gasteiger partial charge < -0.3 is 20.1 Å². The first kappa shape index (κ1) is 20.1. The number of benzene rings is 1. The van der Waals surface area contributed by atoms with Gasteiger partial charge in [0, 0.05) is 30.8 Å². The number of ether oxygens (including phenoxy) is 2. The maximum absolute atomic E-state index is 12.2. The van der Waals surface area contributed by atoms with E-state index in [0.29, 0.717) is 28.9 Å². The van der Waals surface area contributed by atoms with E-state index < -0.39 is 5.60 Å². The Kier molecular flexibility index (Phi) is 6.46. The first-order valence-corrected chi connectivity index (χ1v) is 9.14. The van der Waals surface area contributed by atoms with Gasteiger partial charge in [-0.1, -0.05) is 23.2 Å².